The van der Waals surface area contributed by atoms with Gasteiger partial charge in [-0.05, 0) is 25.2 Å². The minimum absolute atomic E-state index is 0.207. The second kappa shape index (κ2) is 4.11. The molecule has 1 unspecified atom stereocenters. The Morgan fingerprint density at radius 3 is 2.07 bits per heavy atom. The molecule has 0 aromatic heterocycles. The highest BCUT2D eigenvalue weighted by atomic mass is 16.4. The molecule has 3 heteroatoms. The number of aliphatic carboxylic acids is 1. The quantitative estimate of drug-likeness (QED) is 0.707. The first kappa shape index (κ1) is 11.2. The predicted molar refractivity (Wildman–Crippen MR) is 53.0 cm³/mol. The van der Waals surface area contributed by atoms with Crippen LogP contribution in [0.3, 0.4) is 0 Å². The van der Waals surface area contributed by atoms with Gasteiger partial charge in [-0.3, -0.25) is 9.59 Å². The molecule has 0 bridgehead atoms. The Bertz CT molecular complexity index is 225. The van der Waals surface area contributed by atoms with Gasteiger partial charge in [-0.25, -0.2) is 0 Å². The maximum absolute atomic E-state index is 11.3. The second-order valence-electron chi connectivity index (χ2n) is 4.60. The van der Waals surface area contributed by atoms with Crippen molar-refractivity contribution in [3.8, 4) is 0 Å². The molecule has 0 radical (unpaired) electrons. The van der Waals surface area contributed by atoms with Crippen molar-refractivity contribution < 1.29 is 14.7 Å². The number of rotatable bonds is 3. The van der Waals surface area contributed by atoms with E-state index in [9.17, 15) is 9.59 Å². The highest BCUT2D eigenvalue weighted by molar-refractivity contribution is 5.97. The Morgan fingerprint density at radius 2 is 1.71 bits per heavy atom. The summed E-state index contributed by atoms with van der Waals surface area (Å²) < 4.78 is 0. The minimum Gasteiger partial charge on any atom is -0.481 e. The monoisotopic (exact) mass is 198 g/mol. The van der Waals surface area contributed by atoms with Crippen LogP contribution in [0.2, 0.25) is 0 Å². The van der Waals surface area contributed by atoms with Gasteiger partial charge in [0.2, 0.25) is 0 Å². The van der Waals surface area contributed by atoms with E-state index in [1.54, 1.807) is 0 Å². The first-order valence-corrected chi connectivity index (χ1v) is 5.20. The number of hydrogen-bond acceptors (Lipinski definition) is 2. The van der Waals surface area contributed by atoms with Crippen molar-refractivity contribution >= 4 is 11.8 Å². The minimum atomic E-state index is -0.957. The van der Waals surface area contributed by atoms with Crippen LogP contribution in [0.1, 0.15) is 46.0 Å². The summed E-state index contributed by atoms with van der Waals surface area (Å²) in [6.45, 7) is 3.32. The van der Waals surface area contributed by atoms with Crippen molar-refractivity contribution in [1.29, 1.82) is 0 Å². The van der Waals surface area contributed by atoms with Crippen molar-refractivity contribution in [3.05, 3.63) is 0 Å². The summed E-state index contributed by atoms with van der Waals surface area (Å²) in [5, 5.41) is 9.04. The van der Waals surface area contributed by atoms with E-state index >= 15 is 0 Å². The van der Waals surface area contributed by atoms with Crippen LogP contribution in [0, 0.1) is 11.3 Å². The van der Waals surface area contributed by atoms with Crippen LogP contribution in [0.4, 0.5) is 0 Å². The molecule has 0 spiro atoms. The molecular weight excluding hydrogens is 180 g/mol. The predicted octanol–water partition coefficient (Wildman–Crippen LogP) is 2.25. The van der Waals surface area contributed by atoms with Gasteiger partial charge in [0.15, 0.2) is 0 Å². The number of carboxylic acid groups (broad SMARTS) is 1. The van der Waals surface area contributed by atoms with Gasteiger partial charge in [-0.1, -0.05) is 26.2 Å². The van der Waals surface area contributed by atoms with Crippen LogP contribution in [-0.2, 0) is 9.59 Å². The maximum atomic E-state index is 11.3. The Morgan fingerprint density at radius 1 is 1.21 bits per heavy atom. The summed E-state index contributed by atoms with van der Waals surface area (Å²) in [4.78, 5) is 22.3. The number of carboxylic acids is 1. The lowest BCUT2D eigenvalue weighted by Crippen LogP contribution is -2.39. The van der Waals surface area contributed by atoms with E-state index in [0.29, 0.717) is 0 Å². The van der Waals surface area contributed by atoms with E-state index in [2.05, 4.69) is 0 Å². The Hall–Kier alpha value is -0.860. The molecule has 14 heavy (non-hydrogen) atoms. The third-order valence-electron chi connectivity index (χ3n) is 3.35. The van der Waals surface area contributed by atoms with Crippen LogP contribution in [0.5, 0.6) is 0 Å². The Labute approximate surface area is 84.5 Å². The smallest absolute Gasteiger partial charge is 0.314 e. The lowest BCUT2D eigenvalue weighted by molar-refractivity contribution is -0.152. The number of Topliss-reactive ketones (excluding diaryl/α,β-unsaturated/α-hetero) is 1. The Kier molecular flexibility index (Phi) is 3.29. The molecule has 0 aromatic carbocycles. The van der Waals surface area contributed by atoms with Gasteiger partial charge in [0.05, 0.1) is 0 Å². The van der Waals surface area contributed by atoms with Gasteiger partial charge < -0.3 is 5.11 Å². The zero-order valence-electron chi connectivity index (χ0n) is 8.88. The van der Waals surface area contributed by atoms with Gasteiger partial charge in [0.25, 0.3) is 0 Å². The van der Waals surface area contributed by atoms with Crippen LogP contribution >= 0.6 is 0 Å². The van der Waals surface area contributed by atoms with E-state index in [4.69, 9.17) is 5.11 Å². The third-order valence-corrected chi connectivity index (χ3v) is 3.35. The highest BCUT2D eigenvalue weighted by Crippen LogP contribution is 2.42. The number of ketones is 1. The summed E-state index contributed by atoms with van der Waals surface area (Å²) >= 11 is 0. The Balaban J connectivity index is 2.84. The lowest BCUT2D eigenvalue weighted by Gasteiger charge is -2.37. The largest absolute Gasteiger partial charge is 0.481 e. The fourth-order valence-corrected chi connectivity index (χ4v) is 2.61. The second-order valence-corrected chi connectivity index (χ2v) is 4.60. The van der Waals surface area contributed by atoms with Gasteiger partial charge in [0, 0.05) is 0 Å². The van der Waals surface area contributed by atoms with Gasteiger partial charge in [0.1, 0.15) is 11.7 Å². The molecule has 0 saturated heterocycles. The maximum Gasteiger partial charge on any atom is 0.314 e. The van der Waals surface area contributed by atoms with Crippen molar-refractivity contribution in [3.63, 3.8) is 0 Å². The highest BCUT2D eigenvalue weighted by Gasteiger charge is 2.42. The van der Waals surface area contributed by atoms with E-state index in [0.717, 1.165) is 25.7 Å². The third kappa shape index (κ3) is 2.14. The molecule has 1 aliphatic carbocycles. The molecule has 1 saturated carbocycles. The van der Waals surface area contributed by atoms with Crippen molar-refractivity contribution in [1.82, 2.24) is 0 Å². The van der Waals surface area contributed by atoms with Gasteiger partial charge >= 0.3 is 5.97 Å². The SMILES string of the molecule is CC(=O)C(C(=O)O)C1(C)CCCCC1. The molecule has 3 nitrogen and oxygen atoms in total. The van der Waals surface area contributed by atoms with Crippen LogP contribution in [0.15, 0.2) is 0 Å². The first-order chi connectivity index (χ1) is 6.47. The first-order valence-electron chi connectivity index (χ1n) is 5.20. The average molecular weight is 198 g/mol. The summed E-state index contributed by atoms with van der Waals surface area (Å²) in [6.07, 6.45) is 4.99. The van der Waals surface area contributed by atoms with E-state index < -0.39 is 11.9 Å². The fourth-order valence-electron chi connectivity index (χ4n) is 2.61. The van der Waals surface area contributed by atoms with E-state index in [1.807, 2.05) is 6.92 Å². The molecule has 0 heterocycles. The number of hydrogen-bond donors (Lipinski definition) is 1. The molecule has 0 amide bonds. The normalized spacial score (nSPS) is 22.7. The molecule has 1 aliphatic rings. The van der Waals surface area contributed by atoms with E-state index in [-0.39, 0.29) is 11.2 Å². The summed E-state index contributed by atoms with van der Waals surface area (Å²) in [7, 11) is 0. The van der Waals surface area contributed by atoms with Crippen LogP contribution in [-0.4, -0.2) is 16.9 Å². The number of carbonyl (C=O) groups excluding carboxylic acids is 1. The summed E-state index contributed by atoms with van der Waals surface area (Å²) in [5.41, 5.74) is -0.310. The molecular formula is C11H18O3. The molecule has 80 valence electrons. The molecule has 1 N–H and O–H groups in total. The summed E-state index contributed by atoms with van der Waals surface area (Å²) in [6, 6.07) is 0. The molecule has 1 atom stereocenters. The van der Waals surface area contributed by atoms with E-state index in [1.165, 1.54) is 13.3 Å². The standard InChI is InChI=1S/C11H18O3/c1-8(12)9(10(13)14)11(2)6-4-3-5-7-11/h9H,3-7H2,1-2H3,(H,13,14). The average Bonchev–Trinajstić information content (AvgIpc) is 2.02. The fraction of sp³-hybridized carbons (Fsp3) is 0.818. The molecule has 0 aromatic rings. The van der Waals surface area contributed by atoms with Crippen LogP contribution < -0.4 is 0 Å². The zero-order valence-corrected chi connectivity index (χ0v) is 8.88. The zero-order chi connectivity index (χ0) is 10.8. The molecule has 0 aliphatic heterocycles. The molecule has 1 rings (SSSR count). The van der Waals surface area contributed by atoms with Gasteiger partial charge in [-0.2, -0.15) is 0 Å². The van der Waals surface area contributed by atoms with Crippen molar-refractivity contribution in [2.45, 2.75) is 46.0 Å². The van der Waals surface area contributed by atoms with Crippen molar-refractivity contribution in [2.75, 3.05) is 0 Å². The topological polar surface area (TPSA) is 54.4 Å². The summed E-state index contributed by atoms with van der Waals surface area (Å²) in [5.74, 6) is -1.97. The van der Waals surface area contributed by atoms with Gasteiger partial charge in [-0.15, -0.1) is 0 Å². The number of carbonyl (C=O) groups is 2. The lowest BCUT2D eigenvalue weighted by atomic mass is 9.66. The van der Waals surface area contributed by atoms with Crippen LogP contribution in [0.25, 0.3) is 0 Å². The van der Waals surface area contributed by atoms with Crippen molar-refractivity contribution in [2.24, 2.45) is 11.3 Å². The molecule has 1 fully saturated rings.